The summed E-state index contributed by atoms with van der Waals surface area (Å²) in [7, 11) is 0.00937. The maximum Gasteiger partial charge on any atom is 0.244 e. The molecule has 0 saturated heterocycles. The summed E-state index contributed by atoms with van der Waals surface area (Å²) >= 11 is 0. The van der Waals surface area contributed by atoms with E-state index in [1.807, 2.05) is 13.8 Å². The Hall–Kier alpha value is -0.850. The standard InChI is InChI=1S/C12H23N3O2S/c1-10(2)12(13)6-8-15(4)18(16,17)11-5-7-14(3)9-11/h5,7,9-10,12H,6,8,13H2,1-4H3. The molecule has 0 aliphatic heterocycles. The molecule has 0 amide bonds. The fourth-order valence-electron chi connectivity index (χ4n) is 1.59. The van der Waals surface area contributed by atoms with Crippen molar-refractivity contribution in [2.75, 3.05) is 13.6 Å². The number of nitrogens with zero attached hydrogens (tertiary/aromatic N) is 2. The van der Waals surface area contributed by atoms with Crippen LogP contribution in [0.3, 0.4) is 0 Å². The lowest BCUT2D eigenvalue weighted by molar-refractivity contribution is 0.397. The van der Waals surface area contributed by atoms with Gasteiger partial charge in [0.25, 0.3) is 0 Å². The molecule has 0 aliphatic carbocycles. The van der Waals surface area contributed by atoms with E-state index in [2.05, 4.69) is 0 Å². The molecule has 1 aromatic rings. The highest BCUT2D eigenvalue weighted by molar-refractivity contribution is 7.89. The van der Waals surface area contributed by atoms with Gasteiger partial charge in [-0.15, -0.1) is 0 Å². The van der Waals surface area contributed by atoms with E-state index in [0.717, 1.165) is 0 Å². The van der Waals surface area contributed by atoms with Gasteiger partial charge in [-0.05, 0) is 18.4 Å². The molecule has 0 aromatic carbocycles. The molecule has 0 fully saturated rings. The summed E-state index contributed by atoms with van der Waals surface area (Å²) in [6, 6.07) is 1.63. The van der Waals surface area contributed by atoms with Crippen LogP contribution >= 0.6 is 0 Å². The van der Waals surface area contributed by atoms with E-state index in [1.54, 1.807) is 37.1 Å². The molecule has 0 spiro atoms. The van der Waals surface area contributed by atoms with Crippen LogP contribution in [-0.2, 0) is 17.1 Å². The van der Waals surface area contributed by atoms with Gasteiger partial charge in [-0.1, -0.05) is 13.8 Å². The van der Waals surface area contributed by atoms with Crippen molar-refractivity contribution in [3.63, 3.8) is 0 Å². The monoisotopic (exact) mass is 273 g/mol. The van der Waals surface area contributed by atoms with E-state index in [4.69, 9.17) is 5.73 Å². The van der Waals surface area contributed by atoms with Crippen LogP contribution in [0.25, 0.3) is 0 Å². The Morgan fingerprint density at radius 2 is 2.06 bits per heavy atom. The summed E-state index contributed by atoms with van der Waals surface area (Å²) < 4.78 is 27.5. The molecule has 1 heterocycles. The zero-order valence-corrected chi connectivity index (χ0v) is 12.3. The van der Waals surface area contributed by atoms with Crippen LogP contribution in [-0.4, -0.2) is 36.9 Å². The van der Waals surface area contributed by atoms with Crippen LogP contribution < -0.4 is 5.73 Å². The number of hydrogen-bond donors (Lipinski definition) is 1. The van der Waals surface area contributed by atoms with E-state index in [9.17, 15) is 8.42 Å². The number of aryl methyl sites for hydroxylation is 1. The predicted molar refractivity (Wildman–Crippen MR) is 72.7 cm³/mol. The molecule has 5 nitrogen and oxygen atoms in total. The van der Waals surface area contributed by atoms with Crippen molar-refractivity contribution >= 4 is 10.0 Å². The van der Waals surface area contributed by atoms with Crippen molar-refractivity contribution in [2.24, 2.45) is 18.7 Å². The molecule has 1 rings (SSSR count). The van der Waals surface area contributed by atoms with Gasteiger partial charge in [-0.2, -0.15) is 0 Å². The molecule has 6 heteroatoms. The Kier molecular flexibility index (Phi) is 4.95. The van der Waals surface area contributed by atoms with E-state index in [0.29, 0.717) is 23.8 Å². The smallest absolute Gasteiger partial charge is 0.244 e. The molecule has 1 atom stereocenters. The Labute approximate surface area is 110 Å². The fraction of sp³-hybridized carbons (Fsp3) is 0.667. The minimum absolute atomic E-state index is 0.0263. The second-order valence-electron chi connectivity index (χ2n) is 5.04. The predicted octanol–water partition coefficient (Wildman–Crippen LogP) is 1.02. The van der Waals surface area contributed by atoms with Crippen LogP contribution in [0.1, 0.15) is 20.3 Å². The lowest BCUT2D eigenvalue weighted by Crippen LogP contribution is -2.34. The normalized spacial score (nSPS) is 14.4. The SMILES string of the molecule is CC(C)C(N)CCN(C)S(=O)(=O)c1ccn(C)c1. The number of hydrogen-bond acceptors (Lipinski definition) is 3. The Balaban J connectivity index is 2.69. The van der Waals surface area contributed by atoms with Crippen molar-refractivity contribution in [2.45, 2.75) is 31.2 Å². The quantitative estimate of drug-likeness (QED) is 0.841. The summed E-state index contributed by atoms with van der Waals surface area (Å²) in [4.78, 5) is 0.325. The maximum absolute atomic E-state index is 12.2. The van der Waals surface area contributed by atoms with Gasteiger partial charge in [0.1, 0.15) is 0 Å². The van der Waals surface area contributed by atoms with Crippen molar-refractivity contribution in [3.8, 4) is 0 Å². The Bertz CT molecular complexity index is 479. The molecule has 0 aliphatic rings. The van der Waals surface area contributed by atoms with Gasteiger partial charge in [0.15, 0.2) is 0 Å². The summed E-state index contributed by atoms with van der Waals surface area (Å²) in [5.41, 5.74) is 5.93. The molecular formula is C12H23N3O2S. The molecule has 0 bridgehead atoms. The maximum atomic E-state index is 12.2. The minimum atomic E-state index is -3.38. The lowest BCUT2D eigenvalue weighted by Gasteiger charge is -2.20. The first kappa shape index (κ1) is 15.2. The van der Waals surface area contributed by atoms with E-state index < -0.39 is 10.0 Å². The van der Waals surface area contributed by atoms with Crippen LogP contribution in [0.4, 0.5) is 0 Å². The van der Waals surface area contributed by atoms with Gasteiger partial charge < -0.3 is 10.3 Å². The number of nitrogens with two attached hydrogens (primary N) is 1. The van der Waals surface area contributed by atoms with E-state index in [1.165, 1.54) is 4.31 Å². The fourth-order valence-corrected chi connectivity index (χ4v) is 2.83. The van der Waals surface area contributed by atoms with Gasteiger partial charge in [0, 0.05) is 39.1 Å². The molecule has 1 unspecified atom stereocenters. The van der Waals surface area contributed by atoms with Crippen LogP contribution in [0, 0.1) is 5.92 Å². The van der Waals surface area contributed by atoms with Crippen molar-refractivity contribution in [3.05, 3.63) is 18.5 Å². The summed E-state index contributed by atoms with van der Waals surface area (Å²) in [5.74, 6) is 0.359. The average molecular weight is 273 g/mol. The summed E-state index contributed by atoms with van der Waals surface area (Å²) in [6.07, 6.45) is 4.00. The molecule has 104 valence electrons. The molecular weight excluding hydrogens is 250 g/mol. The van der Waals surface area contributed by atoms with E-state index >= 15 is 0 Å². The van der Waals surface area contributed by atoms with Gasteiger partial charge in [-0.25, -0.2) is 12.7 Å². The molecule has 0 saturated carbocycles. The van der Waals surface area contributed by atoms with Crippen molar-refractivity contribution in [1.82, 2.24) is 8.87 Å². The third-order valence-corrected chi connectivity index (χ3v) is 4.99. The molecule has 18 heavy (non-hydrogen) atoms. The highest BCUT2D eigenvalue weighted by Gasteiger charge is 2.22. The van der Waals surface area contributed by atoms with Gasteiger partial charge in [-0.3, -0.25) is 0 Å². The number of rotatable bonds is 6. The number of sulfonamides is 1. The molecule has 1 aromatic heterocycles. The first-order chi connectivity index (χ1) is 8.25. The second-order valence-corrected chi connectivity index (χ2v) is 7.08. The summed E-state index contributed by atoms with van der Waals surface area (Å²) in [6.45, 7) is 4.52. The van der Waals surface area contributed by atoms with Gasteiger partial charge in [0.2, 0.25) is 10.0 Å². The van der Waals surface area contributed by atoms with Gasteiger partial charge in [0.05, 0.1) is 4.90 Å². The zero-order chi connectivity index (χ0) is 13.9. The summed E-state index contributed by atoms with van der Waals surface area (Å²) in [5, 5.41) is 0. The van der Waals surface area contributed by atoms with Crippen molar-refractivity contribution in [1.29, 1.82) is 0 Å². The zero-order valence-electron chi connectivity index (χ0n) is 11.5. The van der Waals surface area contributed by atoms with Crippen LogP contribution in [0.5, 0.6) is 0 Å². The topological polar surface area (TPSA) is 68.3 Å². The lowest BCUT2D eigenvalue weighted by atomic mass is 10.0. The highest BCUT2D eigenvalue weighted by Crippen LogP contribution is 2.15. The van der Waals surface area contributed by atoms with E-state index in [-0.39, 0.29) is 6.04 Å². The average Bonchev–Trinajstić information content (AvgIpc) is 2.72. The third kappa shape index (κ3) is 3.57. The highest BCUT2D eigenvalue weighted by atomic mass is 32.2. The Morgan fingerprint density at radius 3 is 2.50 bits per heavy atom. The largest absolute Gasteiger partial charge is 0.356 e. The van der Waals surface area contributed by atoms with Crippen molar-refractivity contribution < 1.29 is 8.42 Å². The second kappa shape index (κ2) is 5.86. The van der Waals surface area contributed by atoms with Crippen LogP contribution in [0.15, 0.2) is 23.4 Å². The first-order valence-corrected chi connectivity index (χ1v) is 7.53. The molecule has 0 radical (unpaired) electrons. The minimum Gasteiger partial charge on any atom is -0.356 e. The number of aromatic nitrogens is 1. The molecule has 2 N–H and O–H groups in total. The Morgan fingerprint density at radius 1 is 1.44 bits per heavy atom. The first-order valence-electron chi connectivity index (χ1n) is 6.09. The third-order valence-electron chi connectivity index (χ3n) is 3.15. The van der Waals surface area contributed by atoms with Gasteiger partial charge >= 0.3 is 0 Å². The van der Waals surface area contributed by atoms with Crippen LogP contribution in [0.2, 0.25) is 0 Å².